The highest BCUT2D eigenvalue weighted by atomic mass is 35.5. The number of likely N-dealkylation sites (N-methyl/N-ethyl adjacent to an activating group) is 1. The van der Waals surface area contributed by atoms with Gasteiger partial charge in [-0.1, -0.05) is 38.1 Å². The van der Waals surface area contributed by atoms with Gasteiger partial charge in [0.1, 0.15) is 11.6 Å². The van der Waals surface area contributed by atoms with E-state index in [1.807, 2.05) is 23.9 Å². The van der Waals surface area contributed by atoms with Gasteiger partial charge in [-0.3, -0.25) is 14.6 Å². The molecule has 3 rings (SSSR count). The van der Waals surface area contributed by atoms with E-state index in [4.69, 9.17) is 0 Å². The fraction of sp³-hybridized carbons (Fsp3) is 0.480. The van der Waals surface area contributed by atoms with Gasteiger partial charge in [-0.05, 0) is 61.8 Å². The molecule has 1 aliphatic rings. The number of nitrogens with zero attached hydrogens (tertiary/aromatic N) is 3. The van der Waals surface area contributed by atoms with Gasteiger partial charge >= 0.3 is 0 Å². The van der Waals surface area contributed by atoms with Crippen LogP contribution in [-0.4, -0.2) is 66.9 Å². The van der Waals surface area contributed by atoms with Crippen LogP contribution < -0.4 is 0 Å². The summed E-state index contributed by atoms with van der Waals surface area (Å²) in [6.45, 7) is 6.95. The van der Waals surface area contributed by atoms with Crippen LogP contribution in [0.5, 0.6) is 0 Å². The number of piperazine rings is 1. The smallest absolute Gasteiger partial charge is 0.240 e. The molecule has 0 aliphatic carbocycles. The molecule has 2 aromatic rings. The molecule has 0 spiro atoms. The highest BCUT2D eigenvalue weighted by molar-refractivity contribution is 5.85. The average Bonchev–Trinajstić information content (AvgIpc) is 2.74. The number of hydrogen-bond acceptors (Lipinski definition) is 3. The molecule has 0 radical (unpaired) electrons. The first-order chi connectivity index (χ1) is 14.8. The summed E-state index contributed by atoms with van der Waals surface area (Å²) in [5.41, 5.74) is 1.91. The predicted molar refractivity (Wildman–Crippen MR) is 134 cm³/mol. The molecule has 2 aromatic carbocycles. The van der Waals surface area contributed by atoms with Crippen LogP contribution in [0.3, 0.4) is 0 Å². The number of carbonyl (C=O) groups is 1. The van der Waals surface area contributed by atoms with Crippen molar-refractivity contribution in [3.63, 3.8) is 0 Å². The van der Waals surface area contributed by atoms with Crippen molar-refractivity contribution in [1.82, 2.24) is 14.7 Å². The molecule has 1 saturated heterocycles. The lowest BCUT2D eigenvalue weighted by Crippen LogP contribution is -2.54. The van der Waals surface area contributed by atoms with Gasteiger partial charge in [0.15, 0.2) is 0 Å². The second-order valence-corrected chi connectivity index (χ2v) is 8.98. The monoisotopic (exact) mass is 501 g/mol. The summed E-state index contributed by atoms with van der Waals surface area (Å²) in [6.07, 6.45) is 0.833. The highest BCUT2D eigenvalue weighted by Gasteiger charge is 2.32. The van der Waals surface area contributed by atoms with E-state index in [0.717, 1.165) is 17.5 Å². The van der Waals surface area contributed by atoms with Crippen molar-refractivity contribution in [2.45, 2.75) is 32.4 Å². The van der Waals surface area contributed by atoms with Crippen LogP contribution in [0, 0.1) is 17.6 Å². The Morgan fingerprint density at radius 3 is 1.64 bits per heavy atom. The molecule has 1 atom stereocenters. The third-order valence-electron chi connectivity index (χ3n) is 5.97. The van der Waals surface area contributed by atoms with Crippen LogP contribution in [0.15, 0.2) is 48.5 Å². The Balaban J connectivity index is 0.00000272. The summed E-state index contributed by atoms with van der Waals surface area (Å²) >= 11 is 0. The first kappa shape index (κ1) is 29.3. The van der Waals surface area contributed by atoms with E-state index in [1.165, 1.54) is 24.3 Å². The topological polar surface area (TPSA) is 26.8 Å². The van der Waals surface area contributed by atoms with Crippen LogP contribution in [0.4, 0.5) is 8.78 Å². The third kappa shape index (κ3) is 7.64. The Hall–Kier alpha value is -1.73. The number of halogens is 4. The Bertz CT molecular complexity index is 809. The second kappa shape index (κ2) is 13.2. The number of hydrogen-bond donors (Lipinski definition) is 0. The maximum absolute atomic E-state index is 13.5. The molecule has 0 N–H and O–H groups in total. The fourth-order valence-electron chi connectivity index (χ4n) is 4.29. The van der Waals surface area contributed by atoms with Gasteiger partial charge in [0.25, 0.3) is 0 Å². The summed E-state index contributed by atoms with van der Waals surface area (Å²) in [4.78, 5) is 19.4. The van der Waals surface area contributed by atoms with Crippen LogP contribution >= 0.6 is 24.8 Å². The summed E-state index contributed by atoms with van der Waals surface area (Å²) in [5, 5.41) is 0. The van der Waals surface area contributed by atoms with Crippen LogP contribution in [0.1, 0.15) is 37.4 Å². The minimum atomic E-state index is -0.281. The predicted octanol–water partition coefficient (Wildman–Crippen LogP) is 5.02. The van der Waals surface area contributed by atoms with Crippen molar-refractivity contribution in [2.24, 2.45) is 5.92 Å². The number of carbonyl (C=O) groups excluding carboxylic acids is 1. The molecule has 1 heterocycles. The first-order valence-electron chi connectivity index (χ1n) is 11.0. The summed E-state index contributed by atoms with van der Waals surface area (Å²) < 4.78 is 27.0. The van der Waals surface area contributed by atoms with Crippen molar-refractivity contribution in [3.05, 3.63) is 71.3 Å². The zero-order chi connectivity index (χ0) is 22.5. The van der Waals surface area contributed by atoms with E-state index in [2.05, 4.69) is 18.7 Å². The Labute approximate surface area is 208 Å². The SMILES string of the molecule is CC(C)CC(C(=O)N1CCN(C(c2ccc(F)cc2)c2ccc(F)cc2)CC1)N(C)C.Cl.Cl. The van der Waals surface area contributed by atoms with Crippen LogP contribution in [0.25, 0.3) is 0 Å². The Morgan fingerprint density at radius 1 is 0.848 bits per heavy atom. The van der Waals surface area contributed by atoms with Gasteiger partial charge in [-0.25, -0.2) is 8.78 Å². The average molecular weight is 502 g/mol. The normalized spacial score (nSPS) is 15.4. The summed E-state index contributed by atoms with van der Waals surface area (Å²) in [5.74, 6) is 0.0613. The van der Waals surface area contributed by atoms with Gasteiger partial charge in [0.2, 0.25) is 5.91 Å². The van der Waals surface area contributed by atoms with E-state index >= 15 is 0 Å². The standard InChI is InChI=1S/C25H33F2N3O.2ClH/c1-18(2)17-23(28(3)4)25(31)30-15-13-29(14-16-30)24(19-5-9-21(26)10-6-19)20-7-11-22(27)12-8-20;;/h5-12,18,23-24H,13-17H2,1-4H3;2*1H. The van der Waals surface area contributed by atoms with Gasteiger partial charge in [-0.15, -0.1) is 24.8 Å². The largest absolute Gasteiger partial charge is 0.339 e. The molecule has 1 amide bonds. The van der Waals surface area contributed by atoms with E-state index in [-0.39, 0.29) is 54.4 Å². The van der Waals surface area contributed by atoms with Crippen molar-refractivity contribution in [2.75, 3.05) is 40.3 Å². The zero-order valence-corrected chi connectivity index (χ0v) is 21.3. The lowest BCUT2D eigenvalue weighted by Gasteiger charge is -2.41. The maximum atomic E-state index is 13.5. The van der Waals surface area contributed by atoms with Crippen LogP contribution in [-0.2, 0) is 4.79 Å². The molecular formula is C25H35Cl2F2N3O. The first-order valence-corrected chi connectivity index (χ1v) is 11.0. The maximum Gasteiger partial charge on any atom is 0.240 e. The number of rotatable bonds is 7. The number of benzene rings is 2. The molecular weight excluding hydrogens is 467 g/mol. The van der Waals surface area contributed by atoms with Gasteiger partial charge < -0.3 is 4.90 Å². The molecule has 1 aliphatic heterocycles. The molecule has 1 fully saturated rings. The molecule has 1 unspecified atom stereocenters. The Kier molecular flexibility index (Phi) is 11.7. The third-order valence-corrected chi connectivity index (χ3v) is 5.97. The molecule has 4 nitrogen and oxygen atoms in total. The minimum Gasteiger partial charge on any atom is -0.339 e. The van der Waals surface area contributed by atoms with E-state index in [9.17, 15) is 13.6 Å². The lowest BCUT2D eigenvalue weighted by atomic mass is 9.96. The summed E-state index contributed by atoms with van der Waals surface area (Å²) in [7, 11) is 3.92. The fourth-order valence-corrected chi connectivity index (χ4v) is 4.29. The Morgan fingerprint density at radius 2 is 1.27 bits per heavy atom. The molecule has 184 valence electrons. The lowest BCUT2D eigenvalue weighted by molar-refractivity contribution is -0.138. The van der Waals surface area contributed by atoms with E-state index in [0.29, 0.717) is 32.1 Å². The molecule has 0 bridgehead atoms. The van der Waals surface area contributed by atoms with Gasteiger partial charge in [-0.2, -0.15) is 0 Å². The van der Waals surface area contributed by atoms with E-state index < -0.39 is 0 Å². The molecule has 33 heavy (non-hydrogen) atoms. The quantitative estimate of drug-likeness (QED) is 0.532. The molecule has 0 saturated carbocycles. The van der Waals surface area contributed by atoms with Crippen molar-refractivity contribution < 1.29 is 13.6 Å². The second-order valence-electron chi connectivity index (χ2n) is 8.98. The van der Waals surface area contributed by atoms with Crippen molar-refractivity contribution in [1.29, 1.82) is 0 Å². The van der Waals surface area contributed by atoms with E-state index in [1.54, 1.807) is 24.3 Å². The zero-order valence-electron chi connectivity index (χ0n) is 19.7. The highest BCUT2D eigenvalue weighted by Crippen LogP contribution is 2.30. The van der Waals surface area contributed by atoms with Crippen LogP contribution in [0.2, 0.25) is 0 Å². The summed E-state index contributed by atoms with van der Waals surface area (Å²) in [6, 6.07) is 12.7. The van der Waals surface area contributed by atoms with Gasteiger partial charge in [0.05, 0.1) is 12.1 Å². The molecule has 8 heteroatoms. The molecule has 0 aromatic heterocycles. The minimum absolute atomic E-state index is 0. The number of amides is 1. The van der Waals surface area contributed by atoms with Gasteiger partial charge in [0, 0.05) is 26.2 Å². The van der Waals surface area contributed by atoms with Crippen molar-refractivity contribution in [3.8, 4) is 0 Å². The van der Waals surface area contributed by atoms with Crippen molar-refractivity contribution >= 4 is 30.7 Å².